The van der Waals surface area contributed by atoms with Gasteiger partial charge < -0.3 is 4.74 Å². The summed E-state index contributed by atoms with van der Waals surface area (Å²) in [4.78, 5) is 27.7. The summed E-state index contributed by atoms with van der Waals surface area (Å²) in [5.74, 6) is -0.396. The molecular formula is C19H23NO3. The number of carbonyl (C=O) groups excluding carboxylic acids is 2. The minimum absolute atomic E-state index is 0.0149. The number of Topliss-reactive ketones (excluding diaryl/α,β-unsaturated/α-hetero) is 1. The average molecular weight is 313 g/mol. The van der Waals surface area contributed by atoms with Gasteiger partial charge in [-0.05, 0) is 24.8 Å². The van der Waals surface area contributed by atoms with Gasteiger partial charge in [0.25, 0.3) is 0 Å². The van der Waals surface area contributed by atoms with Crippen molar-refractivity contribution in [1.29, 1.82) is 0 Å². The maximum atomic E-state index is 12.8. The molecule has 4 heteroatoms. The molecule has 2 saturated heterocycles. The van der Waals surface area contributed by atoms with E-state index >= 15 is 0 Å². The van der Waals surface area contributed by atoms with Crippen LogP contribution in [0.2, 0.25) is 0 Å². The summed E-state index contributed by atoms with van der Waals surface area (Å²) >= 11 is 0. The Hall–Kier alpha value is -1.94. The van der Waals surface area contributed by atoms with Crippen molar-refractivity contribution < 1.29 is 14.3 Å². The molecule has 3 unspecified atom stereocenters. The first-order valence-corrected chi connectivity index (χ1v) is 8.15. The van der Waals surface area contributed by atoms with E-state index in [-0.39, 0.29) is 17.9 Å². The Bertz CT molecular complexity index is 612. The summed E-state index contributed by atoms with van der Waals surface area (Å²) in [6.45, 7) is 4.53. The van der Waals surface area contributed by atoms with Crippen molar-refractivity contribution in [3.05, 3.63) is 48.6 Å². The second kappa shape index (κ2) is 6.28. The number of esters is 1. The van der Waals surface area contributed by atoms with Gasteiger partial charge in [0.15, 0.2) is 5.78 Å². The van der Waals surface area contributed by atoms with Crippen LogP contribution in [-0.2, 0) is 20.9 Å². The minimum atomic E-state index is -1.09. The molecule has 0 aromatic heterocycles. The zero-order chi connectivity index (χ0) is 16.4. The zero-order valence-corrected chi connectivity index (χ0v) is 13.5. The Balaban J connectivity index is 1.96. The SMILES string of the molecule is C=CCC1(C(=O)OC)C(=O)CC2CCC1N2Cc1ccccc1. The number of hydrogen-bond acceptors (Lipinski definition) is 4. The number of hydrogen-bond donors (Lipinski definition) is 0. The number of benzene rings is 1. The van der Waals surface area contributed by atoms with Gasteiger partial charge >= 0.3 is 5.97 Å². The van der Waals surface area contributed by atoms with E-state index in [1.807, 2.05) is 18.2 Å². The minimum Gasteiger partial charge on any atom is -0.468 e. The molecule has 2 heterocycles. The third-order valence-electron chi connectivity index (χ3n) is 5.35. The molecule has 122 valence electrons. The number of ether oxygens (including phenoxy) is 1. The molecule has 0 radical (unpaired) electrons. The molecule has 4 nitrogen and oxygen atoms in total. The van der Waals surface area contributed by atoms with E-state index in [1.54, 1.807) is 6.08 Å². The summed E-state index contributed by atoms with van der Waals surface area (Å²) in [6, 6.07) is 10.3. The average Bonchev–Trinajstić information content (AvgIpc) is 2.88. The van der Waals surface area contributed by atoms with Crippen LogP contribution < -0.4 is 0 Å². The summed E-state index contributed by atoms with van der Waals surface area (Å²) in [7, 11) is 1.36. The highest BCUT2D eigenvalue weighted by molar-refractivity contribution is 6.06. The molecule has 3 atom stereocenters. The number of piperidine rings is 1. The van der Waals surface area contributed by atoms with E-state index in [1.165, 1.54) is 12.7 Å². The van der Waals surface area contributed by atoms with Crippen LogP contribution in [0.1, 0.15) is 31.2 Å². The van der Waals surface area contributed by atoms with Crippen LogP contribution in [0, 0.1) is 5.41 Å². The third kappa shape index (κ3) is 2.51. The number of ketones is 1. The maximum Gasteiger partial charge on any atom is 0.321 e. The van der Waals surface area contributed by atoms with Crippen LogP contribution in [-0.4, -0.2) is 35.8 Å². The fourth-order valence-electron chi connectivity index (χ4n) is 4.29. The fourth-order valence-corrected chi connectivity index (χ4v) is 4.29. The van der Waals surface area contributed by atoms with Crippen molar-refractivity contribution in [3.8, 4) is 0 Å². The van der Waals surface area contributed by atoms with Crippen LogP contribution in [0.25, 0.3) is 0 Å². The van der Waals surface area contributed by atoms with Crippen LogP contribution in [0.15, 0.2) is 43.0 Å². The molecule has 0 amide bonds. The van der Waals surface area contributed by atoms with Gasteiger partial charge in [-0.3, -0.25) is 14.5 Å². The molecule has 0 saturated carbocycles. The first kappa shape index (κ1) is 15.9. The van der Waals surface area contributed by atoms with Crippen molar-refractivity contribution in [2.24, 2.45) is 5.41 Å². The van der Waals surface area contributed by atoms with Crippen LogP contribution in [0.4, 0.5) is 0 Å². The standard InChI is InChI=1S/C19H23NO3/c1-3-11-19(18(22)23-2)16-10-9-15(12-17(19)21)20(16)13-14-7-5-4-6-8-14/h3-8,15-16H,1,9-13H2,2H3. The Kier molecular flexibility index (Phi) is 4.35. The molecular weight excluding hydrogens is 290 g/mol. The Morgan fingerprint density at radius 2 is 2.13 bits per heavy atom. The van der Waals surface area contributed by atoms with Gasteiger partial charge in [0.05, 0.1) is 7.11 Å². The molecule has 2 bridgehead atoms. The molecule has 0 N–H and O–H groups in total. The molecule has 2 fully saturated rings. The zero-order valence-electron chi connectivity index (χ0n) is 13.5. The number of fused-ring (bicyclic) bond motifs is 2. The van der Waals surface area contributed by atoms with Crippen LogP contribution in [0.5, 0.6) is 0 Å². The number of rotatable bonds is 5. The molecule has 0 aliphatic carbocycles. The number of nitrogens with zero attached hydrogens (tertiary/aromatic N) is 1. The lowest BCUT2D eigenvalue weighted by Gasteiger charge is -2.45. The van der Waals surface area contributed by atoms with Crippen molar-refractivity contribution >= 4 is 11.8 Å². The lowest BCUT2D eigenvalue weighted by Crippen LogP contribution is -2.60. The quantitative estimate of drug-likeness (QED) is 0.476. The van der Waals surface area contributed by atoms with Crippen molar-refractivity contribution in [1.82, 2.24) is 4.90 Å². The lowest BCUT2D eigenvalue weighted by molar-refractivity contribution is -0.166. The molecule has 1 aromatic rings. The predicted molar refractivity (Wildman–Crippen MR) is 87.7 cm³/mol. The van der Waals surface area contributed by atoms with Crippen LogP contribution in [0.3, 0.4) is 0 Å². The summed E-state index contributed by atoms with van der Waals surface area (Å²) in [5, 5.41) is 0. The van der Waals surface area contributed by atoms with E-state index in [0.29, 0.717) is 12.8 Å². The first-order chi connectivity index (χ1) is 11.1. The largest absolute Gasteiger partial charge is 0.468 e. The second-order valence-corrected chi connectivity index (χ2v) is 6.49. The summed E-state index contributed by atoms with van der Waals surface area (Å²) in [6.07, 6.45) is 4.26. The number of methoxy groups -OCH3 is 1. The van der Waals surface area contributed by atoms with Gasteiger partial charge in [-0.25, -0.2) is 0 Å². The second-order valence-electron chi connectivity index (χ2n) is 6.49. The Morgan fingerprint density at radius 3 is 2.78 bits per heavy atom. The molecule has 2 aliphatic rings. The van der Waals surface area contributed by atoms with E-state index < -0.39 is 11.4 Å². The van der Waals surface area contributed by atoms with Crippen LogP contribution >= 0.6 is 0 Å². The predicted octanol–water partition coefficient (Wildman–Crippen LogP) is 2.73. The molecule has 23 heavy (non-hydrogen) atoms. The van der Waals surface area contributed by atoms with Gasteiger partial charge in [-0.15, -0.1) is 6.58 Å². The first-order valence-electron chi connectivity index (χ1n) is 8.15. The highest BCUT2D eigenvalue weighted by Gasteiger charge is 2.60. The molecule has 1 aromatic carbocycles. The van der Waals surface area contributed by atoms with Gasteiger partial charge in [0.2, 0.25) is 0 Å². The van der Waals surface area contributed by atoms with E-state index in [2.05, 4.69) is 23.6 Å². The fraction of sp³-hybridized carbons (Fsp3) is 0.474. The van der Waals surface area contributed by atoms with Gasteiger partial charge in [0.1, 0.15) is 5.41 Å². The third-order valence-corrected chi connectivity index (χ3v) is 5.35. The maximum absolute atomic E-state index is 12.8. The molecule has 3 rings (SSSR count). The van der Waals surface area contributed by atoms with E-state index in [0.717, 1.165) is 19.4 Å². The molecule has 0 spiro atoms. The van der Waals surface area contributed by atoms with Gasteiger partial charge in [0, 0.05) is 25.0 Å². The highest BCUT2D eigenvalue weighted by Crippen LogP contribution is 2.48. The Morgan fingerprint density at radius 1 is 1.39 bits per heavy atom. The van der Waals surface area contributed by atoms with E-state index in [4.69, 9.17) is 4.74 Å². The van der Waals surface area contributed by atoms with Crippen molar-refractivity contribution in [2.45, 2.75) is 44.3 Å². The highest BCUT2D eigenvalue weighted by atomic mass is 16.5. The lowest BCUT2D eigenvalue weighted by atomic mass is 9.70. The normalized spacial score (nSPS) is 30.2. The van der Waals surface area contributed by atoms with Crippen molar-refractivity contribution in [2.75, 3.05) is 7.11 Å². The van der Waals surface area contributed by atoms with Crippen molar-refractivity contribution in [3.63, 3.8) is 0 Å². The summed E-state index contributed by atoms with van der Waals surface area (Å²) < 4.78 is 5.03. The van der Waals surface area contributed by atoms with E-state index in [9.17, 15) is 9.59 Å². The Labute approximate surface area is 137 Å². The van der Waals surface area contributed by atoms with Gasteiger partial charge in [-0.2, -0.15) is 0 Å². The summed E-state index contributed by atoms with van der Waals surface area (Å²) in [5.41, 5.74) is 0.120. The monoisotopic (exact) mass is 313 g/mol. The molecule has 2 aliphatic heterocycles. The smallest absolute Gasteiger partial charge is 0.321 e. The topological polar surface area (TPSA) is 46.6 Å². The van der Waals surface area contributed by atoms with Gasteiger partial charge in [-0.1, -0.05) is 36.4 Å². The number of allylic oxidation sites excluding steroid dienone is 1. The number of carbonyl (C=O) groups is 2.